The van der Waals surface area contributed by atoms with Crippen LogP contribution < -0.4 is 11.5 Å². The van der Waals surface area contributed by atoms with Crippen LogP contribution in [0.2, 0.25) is 0 Å². The summed E-state index contributed by atoms with van der Waals surface area (Å²) in [6.45, 7) is -0.125. The number of hydrogen-bond donors (Lipinski definition) is 6. The lowest BCUT2D eigenvalue weighted by Crippen LogP contribution is -2.09. The molecule has 0 saturated heterocycles. The predicted molar refractivity (Wildman–Crippen MR) is 88.8 cm³/mol. The second kappa shape index (κ2) is 7.89. The van der Waals surface area contributed by atoms with Crippen molar-refractivity contribution in [2.24, 2.45) is 0 Å². The number of hydrogen-bond acceptors (Lipinski definition) is 11. The molecule has 0 aliphatic carbocycles. The number of rotatable bonds is 9. The fourth-order valence-electron chi connectivity index (χ4n) is 1.82. The van der Waals surface area contributed by atoms with Gasteiger partial charge in [0.2, 0.25) is 5.95 Å². The summed E-state index contributed by atoms with van der Waals surface area (Å²) in [7, 11) is -15.8. The van der Waals surface area contributed by atoms with E-state index in [1.54, 1.807) is 0 Å². The van der Waals surface area contributed by atoms with Gasteiger partial charge in [-0.3, -0.25) is 4.57 Å². The Bertz CT molecular complexity index is 973. The van der Waals surface area contributed by atoms with Crippen molar-refractivity contribution in [2.45, 2.75) is 6.54 Å². The third-order valence-electron chi connectivity index (χ3n) is 2.68. The average molecular weight is 448 g/mol. The van der Waals surface area contributed by atoms with Gasteiger partial charge in [0.05, 0.1) is 12.9 Å². The van der Waals surface area contributed by atoms with Crippen LogP contribution in [0.1, 0.15) is 0 Å². The first-order chi connectivity index (χ1) is 12.3. The summed E-state index contributed by atoms with van der Waals surface area (Å²) in [6, 6.07) is 0. The molecule has 0 saturated carbocycles. The summed E-state index contributed by atoms with van der Waals surface area (Å²) in [5.74, 6) is -0.0196. The zero-order chi connectivity index (χ0) is 20.5. The monoisotopic (exact) mass is 448 g/mol. The number of nitrogens with two attached hydrogens (primary N) is 2. The molecule has 0 bridgehead atoms. The molecule has 8 N–H and O–H groups in total. The van der Waals surface area contributed by atoms with Crippen molar-refractivity contribution in [3.8, 4) is 0 Å². The molecule has 0 aliphatic heterocycles. The highest BCUT2D eigenvalue weighted by molar-refractivity contribution is 7.68. The van der Waals surface area contributed by atoms with Gasteiger partial charge in [0.1, 0.15) is 11.9 Å². The van der Waals surface area contributed by atoms with Crippen LogP contribution >= 0.6 is 23.2 Å². The fourth-order valence-corrected chi connectivity index (χ4v) is 5.13. The van der Waals surface area contributed by atoms with E-state index >= 15 is 0 Å². The number of nitrogen functional groups attached to an aromatic ring is 2. The van der Waals surface area contributed by atoms with Gasteiger partial charge in [-0.25, -0.2) is 18.4 Å². The summed E-state index contributed by atoms with van der Waals surface area (Å²) < 4.78 is 47.0. The maximum atomic E-state index is 11.6. The number of nitrogens with zero attached hydrogens (tertiary/aromatic N) is 4. The molecule has 27 heavy (non-hydrogen) atoms. The Hall–Kier alpha value is -1.44. The molecule has 0 amide bonds. The summed E-state index contributed by atoms with van der Waals surface area (Å²) in [4.78, 5) is 47.0. The van der Waals surface area contributed by atoms with Crippen LogP contribution in [0.25, 0.3) is 11.2 Å². The van der Waals surface area contributed by atoms with E-state index in [9.17, 15) is 18.6 Å². The van der Waals surface area contributed by atoms with Crippen LogP contribution in [0.5, 0.6) is 0 Å². The zero-order valence-electron chi connectivity index (χ0n) is 13.2. The summed E-state index contributed by atoms with van der Waals surface area (Å²) in [6.07, 6.45) is 0.289. The fraction of sp³-hybridized carbons (Fsp3) is 0.375. The van der Waals surface area contributed by atoms with Crippen LogP contribution in [0, 0.1) is 0 Å². The Kier molecular flexibility index (Phi) is 6.39. The van der Waals surface area contributed by atoms with Gasteiger partial charge in [0.25, 0.3) is 0 Å². The lowest BCUT2D eigenvalue weighted by atomic mass is 10.5. The molecule has 152 valence electrons. The van der Waals surface area contributed by atoms with Gasteiger partial charge in [-0.15, -0.1) is 0 Å². The molecular formula is C8H15N6O10P3. The number of anilines is 2. The van der Waals surface area contributed by atoms with Crippen LogP contribution in [0.15, 0.2) is 6.33 Å². The van der Waals surface area contributed by atoms with Crippen LogP contribution in [-0.4, -0.2) is 52.0 Å². The first-order valence-electron chi connectivity index (χ1n) is 6.72. The van der Waals surface area contributed by atoms with Crippen molar-refractivity contribution in [1.29, 1.82) is 0 Å². The van der Waals surface area contributed by atoms with E-state index in [4.69, 9.17) is 30.9 Å². The van der Waals surface area contributed by atoms with Gasteiger partial charge in [-0.05, 0) is 0 Å². The van der Waals surface area contributed by atoms with E-state index in [-0.39, 0.29) is 30.4 Å². The van der Waals surface area contributed by atoms with Crippen molar-refractivity contribution >= 4 is 46.2 Å². The standard InChI is InChI=1S/C8H15N6O10P3/c9-6-5-7(13-8(10)12-6)14(3-11-5)1-2-22-4-25(15,16)23-27(20,21)24-26(17,18)19/h3H,1-2,4H2,(H,15,16)(H,20,21)(H2,17,18,19)(H4,9,10,12,13). The molecule has 19 heteroatoms. The molecule has 0 aromatic carbocycles. The Morgan fingerprint density at radius 1 is 1.07 bits per heavy atom. The molecule has 0 aliphatic rings. The molecule has 2 aromatic rings. The van der Waals surface area contributed by atoms with Crippen LogP contribution in [0.3, 0.4) is 0 Å². The third kappa shape index (κ3) is 6.59. The Morgan fingerprint density at radius 2 is 1.74 bits per heavy atom. The van der Waals surface area contributed by atoms with Crippen molar-refractivity contribution in [3.63, 3.8) is 0 Å². The van der Waals surface area contributed by atoms with Gasteiger partial charge in [-0.2, -0.15) is 14.3 Å². The number of phosphoric acid groups is 2. The zero-order valence-corrected chi connectivity index (χ0v) is 15.9. The quantitative estimate of drug-likeness (QED) is 0.206. The second-order valence-electron chi connectivity index (χ2n) is 4.87. The highest BCUT2D eigenvalue weighted by Gasteiger charge is 2.39. The molecule has 16 nitrogen and oxygen atoms in total. The van der Waals surface area contributed by atoms with Crippen molar-refractivity contribution in [1.82, 2.24) is 19.5 Å². The van der Waals surface area contributed by atoms with Crippen LogP contribution in [-0.2, 0) is 33.6 Å². The first-order valence-corrected chi connectivity index (χ1v) is 11.5. The Morgan fingerprint density at radius 3 is 2.37 bits per heavy atom. The first kappa shape index (κ1) is 21.9. The van der Waals surface area contributed by atoms with E-state index in [2.05, 4.69) is 23.6 Å². The number of aromatic nitrogens is 4. The van der Waals surface area contributed by atoms with Gasteiger partial charge in [-0.1, -0.05) is 0 Å². The molecule has 0 fully saturated rings. The van der Waals surface area contributed by atoms with Crippen molar-refractivity contribution in [2.75, 3.05) is 24.4 Å². The number of fused-ring (bicyclic) bond motifs is 1. The minimum Gasteiger partial charge on any atom is -0.382 e. The van der Waals surface area contributed by atoms with Gasteiger partial charge in [0.15, 0.2) is 11.5 Å². The summed E-state index contributed by atoms with van der Waals surface area (Å²) in [5, 5.41) is 0. The van der Waals surface area contributed by atoms with E-state index in [1.807, 2.05) is 0 Å². The number of imidazole rings is 1. The number of ether oxygens (including phenoxy) is 1. The molecule has 2 rings (SSSR count). The molecule has 2 unspecified atom stereocenters. The largest absolute Gasteiger partial charge is 0.488 e. The SMILES string of the molecule is Nc1nc(N)c2ncn(CCOCP(=O)(O)OP(=O)(O)OP(=O)(O)O)c2n1. The summed E-state index contributed by atoms with van der Waals surface area (Å²) >= 11 is 0. The van der Waals surface area contributed by atoms with Crippen LogP contribution in [0.4, 0.5) is 11.8 Å². The normalized spacial score (nSPS) is 16.9. The van der Waals surface area contributed by atoms with E-state index in [0.29, 0.717) is 5.65 Å². The molecule has 2 aromatic heterocycles. The molecule has 2 atom stereocenters. The molecule has 2 heterocycles. The Labute approximate surface area is 150 Å². The van der Waals surface area contributed by atoms with E-state index in [1.165, 1.54) is 10.9 Å². The van der Waals surface area contributed by atoms with E-state index in [0.717, 1.165) is 0 Å². The lowest BCUT2D eigenvalue weighted by molar-refractivity contribution is 0.145. The maximum absolute atomic E-state index is 11.6. The molecule has 0 spiro atoms. The average Bonchev–Trinajstić information content (AvgIpc) is 2.82. The van der Waals surface area contributed by atoms with Crippen molar-refractivity contribution in [3.05, 3.63) is 6.33 Å². The minimum atomic E-state index is -5.49. The smallest absolute Gasteiger partial charge is 0.382 e. The van der Waals surface area contributed by atoms with E-state index < -0.39 is 29.6 Å². The highest BCUT2D eigenvalue weighted by atomic mass is 31.3. The van der Waals surface area contributed by atoms with Gasteiger partial charge < -0.3 is 40.3 Å². The molecular weight excluding hydrogens is 433 g/mol. The van der Waals surface area contributed by atoms with Gasteiger partial charge >= 0.3 is 23.2 Å². The van der Waals surface area contributed by atoms with Crippen molar-refractivity contribution < 1.29 is 46.6 Å². The molecule has 0 radical (unpaired) electrons. The maximum Gasteiger partial charge on any atom is 0.488 e. The predicted octanol–water partition coefficient (Wildman–Crippen LogP) is -0.624. The topological polar surface area (TPSA) is 255 Å². The summed E-state index contributed by atoms with van der Waals surface area (Å²) in [5.41, 5.74) is 11.7. The Balaban J connectivity index is 1.92. The highest BCUT2D eigenvalue weighted by Crippen LogP contribution is 2.65. The lowest BCUT2D eigenvalue weighted by Gasteiger charge is -2.16. The van der Waals surface area contributed by atoms with Gasteiger partial charge in [0, 0.05) is 6.54 Å². The second-order valence-corrected chi connectivity index (χ2v) is 9.63. The minimum absolute atomic E-state index is 0.0641. The third-order valence-corrected chi connectivity index (χ3v) is 6.71.